The molecule has 0 atom stereocenters. The average Bonchev–Trinajstić information content (AvgIpc) is 3.26. The minimum absolute atomic E-state index is 0.0762. The lowest BCUT2D eigenvalue weighted by Gasteiger charge is -2.16. The topological polar surface area (TPSA) is 64.0 Å². The fourth-order valence-corrected chi connectivity index (χ4v) is 5.41. The molecule has 0 unspecified atom stereocenters. The third-order valence-electron chi connectivity index (χ3n) is 6.40. The number of thiophene rings is 1. The molecule has 2 heterocycles. The smallest absolute Gasteiger partial charge is 0.263 e. The summed E-state index contributed by atoms with van der Waals surface area (Å²) in [6, 6.07) is 14.3. The number of anilines is 1. The van der Waals surface area contributed by atoms with E-state index in [4.69, 9.17) is 0 Å². The van der Waals surface area contributed by atoms with E-state index in [1.165, 1.54) is 51.8 Å². The molecule has 0 bridgehead atoms. The average molecular weight is 458 g/mol. The third-order valence-corrected chi connectivity index (χ3v) is 7.28. The molecule has 0 saturated heterocycles. The molecule has 6 heteroatoms. The molecule has 0 radical (unpaired) electrons. The molecule has 0 fully saturated rings. The van der Waals surface area contributed by atoms with Crippen molar-refractivity contribution in [2.24, 2.45) is 0 Å². The number of carbonyl (C=O) groups excluding carboxylic acids is 1. The fraction of sp³-hybridized carbons (Fsp3) is 0.296. The Balaban J connectivity index is 1.41. The highest BCUT2D eigenvalue weighted by Gasteiger charge is 2.17. The standard InChI is InChI=1S/C27H27N3O2S/c1-17(2)18-9-11-22(12-10-18)29-24(31)14-30-16-28-26-25(27(30)32)23(15-33-26)21-8-7-19-5-3-4-6-20(19)13-21/h7-13,15-17H,3-6,14H2,1-2H3,(H,29,31). The zero-order valence-corrected chi connectivity index (χ0v) is 19.7. The SMILES string of the molecule is CC(C)c1ccc(NC(=O)Cn2cnc3scc(-c4ccc5c(c4)CCCC5)c3c2=O)cc1. The van der Waals surface area contributed by atoms with Gasteiger partial charge in [-0.3, -0.25) is 14.2 Å². The van der Waals surface area contributed by atoms with Gasteiger partial charge in [0.2, 0.25) is 5.91 Å². The van der Waals surface area contributed by atoms with Crippen LogP contribution in [0.25, 0.3) is 21.3 Å². The zero-order chi connectivity index (χ0) is 22.9. The Morgan fingerprint density at radius 3 is 2.61 bits per heavy atom. The van der Waals surface area contributed by atoms with Crippen LogP contribution < -0.4 is 10.9 Å². The number of benzene rings is 2. The van der Waals surface area contributed by atoms with Gasteiger partial charge in [0.25, 0.3) is 5.56 Å². The number of nitrogens with one attached hydrogen (secondary N) is 1. The van der Waals surface area contributed by atoms with E-state index in [2.05, 4.69) is 42.3 Å². The van der Waals surface area contributed by atoms with E-state index in [1.54, 1.807) is 0 Å². The molecular formula is C27H27N3O2S. The van der Waals surface area contributed by atoms with Crippen molar-refractivity contribution in [3.8, 4) is 11.1 Å². The first kappa shape index (κ1) is 21.6. The number of aromatic nitrogens is 2. The molecule has 0 aliphatic heterocycles. The van der Waals surface area contributed by atoms with Gasteiger partial charge in [0.1, 0.15) is 11.4 Å². The van der Waals surface area contributed by atoms with Crippen molar-refractivity contribution in [1.29, 1.82) is 0 Å². The molecule has 1 amide bonds. The highest BCUT2D eigenvalue weighted by molar-refractivity contribution is 7.17. The number of carbonyl (C=O) groups is 1. The summed E-state index contributed by atoms with van der Waals surface area (Å²) in [5, 5.41) is 5.48. The minimum atomic E-state index is -0.249. The molecule has 2 aromatic heterocycles. The first-order valence-electron chi connectivity index (χ1n) is 11.5. The van der Waals surface area contributed by atoms with Crippen LogP contribution >= 0.6 is 11.3 Å². The molecule has 33 heavy (non-hydrogen) atoms. The fourth-order valence-electron chi connectivity index (χ4n) is 4.50. The van der Waals surface area contributed by atoms with E-state index < -0.39 is 0 Å². The van der Waals surface area contributed by atoms with Crippen molar-refractivity contribution in [2.75, 3.05) is 5.32 Å². The molecule has 5 nitrogen and oxygen atoms in total. The van der Waals surface area contributed by atoms with Crippen LogP contribution in [0.2, 0.25) is 0 Å². The van der Waals surface area contributed by atoms with Gasteiger partial charge in [-0.05, 0) is 66.0 Å². The summed E-state index contributed by atoms with van der Waals surface area (Å²) in [5.41, 5.74) is 6.50. The highest BCUT2D eigenvalue weighted by Crippen LogP contribution is 2.33. The minimum Gasteiger partial charge on any atom is -0.325 e. The molecule has 5 rings (SSSR count). The Labute approximate surface area is 197 Å². The Bertz CT molecular complexity index is 1380. The summed E-state index contributed by atoms with van der Waals surface area (Å²) >= 11 is 1.47. The Hall–Kier alpha value is -3.25. The van der Waals surface area contributed by atoms with Gasteiger partial charge in [-0.15, -0.1) is 11.3 Å². The van der Waals surface area contributed by atoms with Crippen LogP contribution in [-0.4, -0.2) is 15.5 Å². The van der Waals surface area contributed by atoms with E-state index in [9.17, 15) is 9.59 Å². The van der Waals surface area contributed by atoms with Gasteiger partial charge in [-0.1, -0.05) is 44.2 Å². The maximum absolute atomic E-state index is 13.3. The van der Waals surface area contributed by atoms with E-state index in [0.717, 1.165) is 29.7 Å². The molecular weight excluding hydrogens is 430 g/mol. The van der Waals surface area contributed by atoms with Crippen molar-refractivity contribution < 1.29 is 4.79 Å². The molecule has 1 aliphatic carbocycles. The van der Waals surface area contributed by atoms with Crippen LogP contribution in [0.3, 0.4) is 0 Å². The lowest BCUT2D eigenvalue weighted by Crippen LogP contribution is -2.27. The normalized spacial score (nSPS) is 13.3. The van der Waals surface area contributed by atoms with Crippen LogP contribution in [0.4, 0.5) is 5.69 Å². The molecule has 1 N–H and O–H groups in total. The van der Waals surface area contributed by atoms with Crippen LogP contribution in [0.1, 0.15) is 49.3 Å². The molecule has 4 aromatic rings. The maximum atomic E-state index is 13.3. The van der Waals surface area contributed by atoms with E-state index in [0.29, 0.717) is 16.1 Å². The number of nitrogens with zero attached hydrogens (tertiary/aromatic N) is 2. The Kier molecular flexibility index (Phi) is 5.85. The number of fused-ring (bicyclic) bond motifs is 2. The van der Waals surface area contributed by atoms with Crippen LogP contribution in [0, 0.1) is 0 Å². The van der Waals surface area contributed by atoms with Crippen LogP contribution in [0.5, 0.6) is 0 Å². The second-order valence-corrected chi connectivity index (χ2v) is 9.88. The maximum Gasteiger partial charge on any atom is 0.263 e. The largest absolute Gasteiger partial charge is 0.325 e. The lowest BCUT2D eigenvalue weighted by atomic mass is 9.89. The molecule has 0 spiro atoms. The number of aryl methyl sites for hydroxylation is 2. The Morgan fingerprint density at radius 1 is 1.09 bits per heavy atom. The Morgan fingerprint density at radius 2 is 1.85 bits per heavy atom. The third kappa shape index (κ3) is 4.35. The summed E-state index contributed by atoms with van der Waals surface area (Å²) in [6.45, 7) is 4.19. The van der Waals surface area contributed by atoms with Crippen LogP contribution in [0.15, 0.2) is 59.0 Å². The van der Waals surface area contributed by atoms with Crippen molar-refractivity contribution >= 4 is 33.1 Å². The second-order valence-electron chi connectivity index (χ2n) is 9.02. The summed E-state index contributed by atoms with van der Waals surface area (Å²) in [4.78, 5) is 31.1. The van der Waals surface area contributed by atoms with Crippen molar-refractivity contribution in [2.45, 2.75) is 52.0 Å². The van der Waals surface area contributed by atoms with Gasteiger partial charge in [0.05, 0.1) is 11.7 Å². The number of hydrogen-bond donors (Lipinski definition) is 1. The van der Waals surface area contributed by atoms with Crippen molar-refractivity contribution in [3.63, 3.8) is 0 Å². The van der Waals surface area contributed by atoms with Crippen molar-refractivity contribution in [1.82, 2.24) is 9.55 Å². The summed E-state index contributed by atoms with van der Waals surface area (Å²) in [6.07, 6.45) is 6.14. The number of amides is 1. The van der Waals surface area contributed by atoms with E-state index in [-0.39, 0.29) is 18.0 Å². The predicted molar refractivity (Wildman–Crippen MR) is 135 cm³/mol. The van der Waals surface area contributed by atoms with Gasteiger partial charge in [0, 0.05) is 16.6 Å². The molecule has 1 aliphatic rings. The predicted octanol–water partition coefficient (Wildman–Crippen LogP) is 5.77. The van der Waals surface area contributed by atoms with E-state index in [1.807, 2.05) is 29.6 Å². The first-order chi connectivity index (χ1) is 16.0. The van der Waals surface area contributed by atoms with Gasteiger partial charge in [-0.25, -0.2) is 4.98 Å². The summed E-state index contributed by atoms with van der Waals surface area (Å²) in [5.74, 6) is 0.183. The molecule has 2 aromatic carbocycles. The number of hydrogen-bond acceptors (Lipinski definition) is 4. The lowest BCUT2D eigenvalue weighted by molar-refractivity contribution is -0.116. The molecule has 0 saturated carbocycles. The summed E-state index contributed by atoms with van der Waals surface area (Å²) in [7, 11) is 0. The van der Waals surface area contributed by atoms with E-state index >= 15 is 0 Å². The monoisotopic (exact) mass is 457 g/mol. The van der Waals surface area contributed by atoms with Gasteiger partial charge >= 0.3 is 0 Å². The highest BCUT2D eigenvalue weighted by atomic mass is 32.1. The van der Waals surface area contributed by atoms with Gasteiger partial charge < -0.3 is 5.32 Å². The van der Waals surface area contributed by atoms with Crippen LogP contribution in [-0.2, 0) is 24.2 Å². The zero-order valence-electron chi connectivity index (χ0n) is 18.9. The van der Waals surface area contributed by atoms with Gasteiger partial charge in [0.15, 0.2) is 0 Å². The molecule has 168 valence electrons. The summed E-state index contributed by atoms with van der Waals surface area (Å²) < 4.78 is 1.40. The van der Waals surface area contributed by atoms with Gasteiger partial charge in [-0.2, -0.15) is 0 Å². The second kappa shape index (κ2) is 8.94. The quantitative estimate of drug-likeness (QED) is 0.414. The first-order valence-corrected chi connectivity index (χ1v) is 12.4. The van der Waals surface area contributed by atoms with Crippen molar-refractivity contribution in [3.05, 3.63) is 81.2 Å². The number of rotatable bonds is 5.